The molecule has 0 aromatic heterocycles. The van der Waals surface area contributed by atoms with Crippen molar-refractivity contribution in [3.05, 3.63) is 12.2 Å². The van der Waals surface area contributed by atoms with Crippen LogP contribution in [0.25, 0.3) is 0 Å². The van der Waals surface area contributed by atoms with Crippen molar-refractivity contribution in [3.8, 4) is 0 Å². The van der Waals surface area contributed by atoms with Crippen LogP contribution >= 0.6 is 7.82 Å². The summed E-state index contributed by atoms with van der Waals surface area (Å²) in [4.78, 5) is 21.5. The zero-order valence-electron chi connectivity index (χ0n) is 24.2. The topological polar surface area (TPSA) is 102 Å². The molecular formula is C28H57NO7P+. The number of hydrogen-bond donors (Lipinski definition) is 2. The molecule has 0 aliphatic rings. The summed E-state index contributed by atoms with van der Waals surface area (Å²) in [5.41, 5.74) is 0. The SMILES string of the molecule is CCCCCC/C=C\CCCCCCCCCCCC(=O)OCC(O)COP(=O)(O)OCC[N+](C)(C)C. The molecule has 0 aliphatic carbocycles. The molecule has 0 spiro atoms. The molecule has 0 saturated heterocycles. The number of nitrogens with zero attached hydrogens (tertiary/aromatic N) is 1. The second-order valence-corrected chi connectivity index (χ2v) is 12.4. The van der Waals surface area contributed by atoms with Gasteiger partial charge in [-0.2, -0.15) is 0 Å². The highest BCUT2D eigenvalue weighted by Gasteiger charge is 2.24. The first-order valence-corrected chi connectivity index (χ1v) is 16.0. The summed E-state index contributed by atoms with van der Waals surface area (Å²) in [7, 11) is 1.56. The Morgan fingerprint density at radius 3 is 1.86 bits per heavy atom. The monoisotopic (exact) mass is 550 g/mol. The van der Waals surface area contributed by atoms with Crippen LogP contribution in [0, 0.1) is 0 Å². The molecule has 0 radical (unpaired) electrons. The normalized spacial score (nSPS) is 14.6. The van der Waals surface area contributed by atoms with E-state index in [2.05, 4.69) is 19.1 Å². The predicted molar refractivity (Wildman–Crippen MR) is 150 cm³/mol. The number of aliphatic hydroxyl groups excluding tert-OH is 1. The number of carbonyl (C=O) groups is 1. The van der Waals surface area contributed by atoms with E-state index >= 15 is 0 Å². The van der Waals surface area contributed by atoms with Gasteiger partial charge in [-0.15, -0.1) is 0 Å². The summed E-state index contributed by atoms with van der Waals surface area (Å²) in [6.07, 6.45) is 22.1. The van der Waals surface area contributed by atoms with Crippen LogP contribution in [0.4, 0.5) is 0 Å². The second kappa shape index (κ2) is 23.2. The third-order valence-electron chi connectivity index (χ3n) is 6.03. The van der Waals surface area contributed by atoms with E-state index in [1.165, 1.54) is 77.0 Å². The van der Waals surface area contributed by atoms with Crippen molar-refractivity contribution >= 4 is 13.8 Å². The molecule has 2 unspecified atom stereocenters. The van der Waals surface area contributed by atoms with Crippen molar-refractivity contribution in [1.29, 1.82) is 0 Å². The number of likely N-dealkylation sites (N-methyl/N-ethyl adjacent to an activating group) is 1. The molecule has 2 atom stereocenters. The fourth-order valence-corrected chi connectivity index (χ4v) is 4.40. The molecule has 2 N–H and O–H groups in total. The fourth-order valence-electron chi connectivity index (χ4n) is 3.65. The van der Waals surface area contributed by atoms with Gasteiger partial charge < -0.3 is 19.2 Å². The van der Waals surface area contributed by atoms with Gasteiger partial charge in [0.2, 0.25) is 0 Å². The third kappa shape index (κ3) is 28.1. The molecule has 0 fully saturated rings. The maximum Gasteiger partial charge on any atom is 0.472 e. The highest BCUT2D eigenvalue weighted by atomic mass is 31.2. The van der Waals surface area contributed by atoms with Gasteiger partial charge in [0.05, 0.1) is 27.7 Å². The van der Waals surface area contributed by atoms with Gasteiger partial charge >= 0.3 is 13.8 Å². The van der Waals surface area contributed by atoms with Gasteiger partial charge in [0.25, 0.3) is 0 Å². The number of aliphatic hydroxyl groups is 1. The Hall–Kier alpha value is -0.760. The Balaban J connectivity index is 3.53. The van der Waals surface area contributed by atoms with Crippen LogP contribution in [0.2, 0.25) is 0 Å². The van der Waals surface area contributed by atoms with E-state index in [0.29, 0.717) is 17.4 Å². The molecule has 0 heterocycles. The molecule has 8 nitrogen and oxygen atoms in total. The first-order valence-electron chi connectivity index (χ1n) is 14.5. The minimum absolute atomic E-state index is 0.0551. The average Bonchev–Trinajstić information content (AvgIpc) is 2.82. The smallest absolute Gasteiger partial charge is 0.463 e. The second-order valence-electron chi connectivity index (χ2n) is 11.0. The molecule has 0 bridgehead atoms. The summed E-state index contributed by atoms with van der Waals surface area (Å²) in [6.45, 7) is 2.12. The minimum atomic E-state index is -4.24. The van der Waals surface area contributed by atoms with Crippen molar-refractivity contribution < 1.29 is 37.6 Å². The van der Waals surface area contributed by atoms with Crippen molar-refractivity contribution in [3.63, 3.8) is 0 Å². The molecule has 0 amide bonds. The van der Waals surface area contributed by atoms with E-state index in [1.807, 2.05) is 21.1 Å². The van der Waals surface area contributed by atoms with Crippen LogP contribution in [0.1, 0.15) is 110 Å². The van der Waals surface area contributed by atoms with Gasteiger partial charge in [0.1, 0.15) is 25.9 Å². The van der Waals surface area contributed by atoms with Crippen molar-refractivity contribution in [2.45, 2.75) is 116 Å². The Morgan fingerprint density at radius 1 is 0.811 bits per heavy atom. The Labute approximate surface area is 227 Å². The summed E-state index contributed by atoms with van der Waals surface area (Å²) < 4.78 is 27.1. The summed E-state index contributed by atoms with van der Waals surface area (Å²) >= 11 is 0. The van der Waals surface area contributed by atoms with E-state index in [4.69, 9.17) is 13.8 Å². The van der Waals surface area contributed by atoms with Crippen LogP contribution in [-0.4, -0.2) is 74.1 Å². The highest BCUT2D eigenvalue weighted by molar-refractivity contribution is 7.47. The molecule has 0 aromatic carbocycles. The molecular weight excluding hydrogens is 493 g/mol. The quantitative estimate of drug-likeness (QED) is 0.0414. The van der Waals surface area contributed by atoms with E-state index in [0.717, 1.165) is 19.3 Å². The number of quaternary nitrogens is 1. The molecule has 0 aliphatic heterocycles. The number of unbranched alkanes of at least 4 members (excludes halogenated alkanes) is 13. The zero-order valence-corrected chi connectivity index (χ0v) is 25.1. The largest absolute Gasteiger partial charge is 0.472 e. The maximum absolute atomic E-state index is 11.8. The highest BCUT2D eigenvalue weighted by Crippen LogP contribution is 2.43. The number of carbonyl (C=O) groups excluding carboxylic acids is 1. The van der Waals surface area contributed by atoms with Crippen molar-refractivity contribution in [1.82, 2.24) is 0 Å². The third-order valence-corrected chi connectivity index (χ3v) is 7.01. The lowest BCUT2D eigenvalue weighted by Crippen LogP contribution is -2.37. The van der Waals surface area contributed by atoms with Crippen LogP contribution < -0.4 is 0 Å². The van der Waals surface area contributed by atoms with Crippen molar-refractivity contribution in [2.75, 3.05) is 47.5 Å². The molecule has 220 valence electrons. The van der Waals surface area contributed by atoms with Gasteiger partial charge in [-0.3, -0.25) is 13.8 Å². The van der Waals surface area contributed by atoms with Crippen LogP contribution in [0.5, 0.6) is 0 Å². The van der Waals surface area contributed by atoms with Crippen LogP contribution in [0.15, 0.2) is 12.2 Å². The maximum atomic E-state index is 11.8. The molecule has 0 aromatic rings. The average molecular weight is 551 g/mol. The van der Waals surface area contributed by atoms with Gasteiger partial charge in [-0.25, -0.2) is 4.57 Å². The zero-order chi connectivity index (χ0) is 27.8. The predicted octanol–water partition coefficient (Wildman–Crippen LogP) is 6.55. The van der Waals surface area contributed by atoms with Gasteiger partial charge in [0.15, 0.2) is 0 Å². The first kappa shape index (κ1) is 36.2. The summed E-state index contributed by atoms with van der Waals surface area (Å²) in [6, 6.07) is 0. The fraction of sp³-hybridized carbons (Fsp3) is 0.893. The standard InChI is InChI=1S/C28H56NO7P/c1-5-6-7-8-9-10-11-12-13-14-15-16-17-18-19-20-21-22-28(31)34-25-27(30)26-36-37(32,33)35-24-23-29(2,3)4/h10-11,27,30H,5-9,12-26H2,1-4H3/p+1/b11-10-. The number of esters is 1. The molecule has 0 rings (SSSR count). The van der Waals surface area contributed by atoms with Gasteiger partial charge in [-0.1, -0.05) is 83.3 Å². The number of allylic oxidation sites excluding steroid dienone is 2. The Bertz CT molecular complexity index is 622. The van der Waals surface area contributed by atoms with E-state index in [1.54, 1.807) is 0 Å². The number of rotatable bonds is 26. The summed E-state index contributed by atoms with van der Waals surface area (Å²) in [5, 5.41) is 9.84. The van der Waals surface area contributed by atoms with Crippen LogP contribution in [0.3, 0.4) is 0 Å². The van der Waals surface area contributed by atoms with E-state index in [9.17, 15) is 19.4 Å². The Kier molecular flexibility index (Phi) is 22.7. The lowest BCUT2D eigenvalue weighted by molar-refractivity contribution is -0.870. The lowest BCUT2D eigenvalue weighted by atomic mass is 10.1. The van der Waals surface area contributed by atoms with E-state index < -0.39 is 20.5 Å². The molecule has 37 heavy (non-hydrogen) atoms. The van der Waals surface area contributed by atoms with E-state index in [-0.39, 0.29) is 19.2 Å². The van der Waals surface area contributed by atoms with Crippen LogP contribution in [-0.2, 0) is 23.1 Å². The number of phosphoric acid groups is 1. The first-order chi connectivity index (χ1) is 17.6. The lowest BCUT2D eigenvalue weighted by Gasteiger charge is -2.24. The molecule has 0 saturated carbocycles. The number of hydrogen-bond acceptors (Lipinski definition) is 6. The minimum Gasteiger partial charge on any atom is -0.463 e. The van der Waals surface area contributed by atoms with Crippen molar-refractivity contribution in [2.24, 2.45) is 0 Å². The van der Waals surface area contributed by atoms with Gasteiger partial charge in [-0.05, 0) is 32.1 Å². The Morgan fingerprint density at radius 2 is 1.32 bits per heavy atom. The molecule has 9 heteroatoms. The number of phosphoric ester groups is 1. The van der Waals surface area contributed by atoms with Gasteiger partial charge in [0, 0.05) is 6.42 Å². The number of ether oxygens (including phenoxy) is 1. The summed E-state index contributed by atoms with van der Waals surface area (Å²) in [5.74, 6) is -0.375.